The van der Waals surface area contributed by atoms with Crippen molar-refractivity contribution in [2.24, 2.45) is 0 Å². The average Bonchev–Trinajstić information content (AvgIpc) is 2.98. The number of ketones is 1. The molecule has 2 rings (SSSR count). The Labute approximate surface area is 143 Å². The topological polar surface area (TPSA) is 46.2 Å². The number of carbonyl (C=O) groups excluding carboxylic acids is 2. The first-order valence-electron chi connectivity index (χ1n) is 6.78. The van der Waals surface area contributed by atoms with Gasteiger partial charge in [0.25, 0.3) is 0 Å². The first-order chi connectivity index (χ1) is 10.5. The summed E-state index contributed by atoms with van der Waals surface area (Å²) < 4.78 is 0. The Kier molecular flexibility index (Phi) is 6.00. The molecule has 0 spiro atoms. The van der Waals surface area contributed by atoms with Gasteiger partial charge in [-0.25, -0.2) is 0 Å². The molecular weight excluding hydrogens is 341 g/mol. The third-order valence-corrected chi connectivity index (χ3v) is 4.65. The summed E-state index contributed by atoms with van der Waals surface area (Å²) in [6.45, 7) is 1.84. The smallest absolute Gasteiger partial charge is 0.220 e. The van der Waals surface area contributed by atoms with Gasteiger partial charge >= 0.3 is 0 Å². The van der Waals surface area contributed by atoms with E-state index in [1.807, 2.05) is 18.4 Å². The van der Waals surface area contributed by atoms with Gasteiger partial charge in [-0.3, -0.25) is 9.59 Å². The molecule has 0 unspecified atom stereocenters. The molecule has 2 aromatic rings. The Morgan fingerprint density at radius 2 is 2.00 bits per heavy atom. The molecule has 0 radical (unpaired) electrons. The molecule has 0 aliphatic rings. The van der Waals surface area contributed by atoms with Crippen molar-refractivity contribution in [3.05, 3.63) is 56.2 Å². The zero-order valence-electron chi connectivity index (χ0n) is 11.9. The highest BCUT2D eigenvalue weighted by molar-refractivity contribution is 7.12. The van der Waals surface area contributed by atoms with Gasteiger partial charge in [-0.15, -0.1) is 11.3 Å². The van der Waals surface area contributed by atoms with Crippen molar-refractivity contribution < 1.29 is 9.59 Å². The molecule has 6 heteroatoms. The number of rotatable bonds is 6. The summed E-state index contributed by atoms with van der Waals surface area (Å²) >= 11 is 13.4. The van der Waals surface area contributed by atoms with Crippen LogP contribution in [-0.2, 0) is 4.79 Å². The lowest BCUT2D eigenvalue weighted by Gasteiger charge is -2.15. The van der Waals surface area contributed by atoms with Crippen LogP contribution in [0.1, 0.15) is 41.0 Å². The van der Waals surface area contributed by atoms with E-state index in [0.29, 0.717) is 14.9 Å². The van der Waals surface area contributed by atoms with Crippen molar-refractivity contribution in [3.8, 4) is 0 Å². The zero-order chi connectivity index (χ0) is 16.1. The largest absolute Gasteiger partial charge is 0.350 e. The molecule has 1 atom stereocenters. The maximum Gasteiger partial charge on any atom is 0.220 e. The molecule has 0 fully saturated rings. The summed E-state index contributed by atoms with van der Waals surface area (Å²) in [5.74, 6) is -0.189. The Morgan fingerprint density at radius 1 is 1.23 bits per heavy atom. The van der Waals surface area contributed by atoms with Crippen LogP contribution in [0.15, 0.2) is 35.7 Å². The highest BCUT2D eigenvalue weighted by Crippen LogP contribution is 2.26. The van der Waals surface area contributed by atoms with Gasteiger partial charge < -0.3 is 5.32 Å². The van der Waals surface area contributed by atoms with Crippen molar-refractivity contribution in [1.82, 2.24) is 5.32 Å². The van der Waals surface area contributed by atoms with E-state index in [0.717, 1.165) is 5.56 Å². The summed E-state index contributed by atoms with van der Waals surface area (Å²) in [5, 5.41) is 5.75. The zero-order valence-corrected chi connectivity index (χ0v) is 14.3. The molecule has 3 nitrogen and oxygen atoms in total. The van der Waals surface area contributed by atoms with Crippen LogP contribution in [-0.4, -0.2) is 11.7 Å². The van der Waals surface area contributed by atoms with E-state index in [-0.39, 0.29) is 30.6 Å². The van der Waals surface area contributed by atoms with E-state index >= 15 is 0 Å². The lowest BCUT2D eigenvalue weighted by atomic mass is 10.1. The summed E-state index contributed by atoms with van der Waals surface area (Å²) in [6.07, 6.45) is 0.361. The second kappa shape index (κ2) is 7.77. The van der Waals surface area contributed by atoms with Gasteiger partial charge in [0.1, 0.15) is 0 Å². The van der Waals surface area contributed by atoms with Crippen LogP contribution >= 0.6 is 34.5 Å². The minimum Gasteiger partial charge on any atom is -0.350 e. The standard InChI is InChI=1S/C16H15Cl2NO2S/c1-10(12-5-4-11(17)9-13(12)18)19-16(21)7-6-14(20)15-3-2-8-22-15/h2-5,8-10H,6-7H2,1H3,(H,19,21)/t10-/m1/s1. The molecule has 116 valence electrons. The Balaban J connectivity index is 1.87. The maximum absolute atomic E-state index is 11.9. The second-order valence-electron chi connectivity index (χ2n) is 4.86. The highest BCUT2D eigenvalue weighted by Gasteiger charge is 2.15. The van der Waals surface area contributed by atoms with Crippen LogP contribution in [0.2, 0.25) is 10.0 Å². The Hall–Kier alpha value is -1.36. The van der Waals surface area contributed by atoms with Crippen LogP contribution in [0.5, 0.6) is 0 Å². The predicted molar refractivity (Wildman–Crippen MR) is 90.9 cm³/mol. The van der Waals surface area contributed by atoms with Crippen molar-refractivity contribution >= 4 is 46.2 Å². The predicted octanol–water partition coefficient (Wildman–Crippen LogP) is 4.90. The van der Waals surface area contributed by atoms with E-state index < -0.39 is 0 Å². The quantitative estimate of drug-likeness (QED) is 0.749. The van der Waals surface area contributed by atoms with E-state index in [2.05, 4.69) is 5.32 Å². The number of benzene rings is 1. The Morgan fingerprint density at radius 3 is 2.64 bits per heavy atom. The highest BCUT2D eigenvalue weighted by atomic mass is 35.5. The summed E-state index contributed by atoms with van der Waals surface area (Å²) in [5.41, 5.74) is 0.795. The normalized spacial score (nSPS) is 12.0. The minimum absolute atomic E-state index is 0.0117. The van der Waals surface area contributed by atoms with Gasteiger partial charge in [-0.2, -0.15) is 0 Å². The molecule has 0 aliphatic heterocycles. The van der Waals surface area contributed by atoms with Gasteiger partial charge in [0.15, 0.2) is 5.78 Å². The van der Waals surface area contributed by atoms with Gasteiger partial charge in [0, 0.05) is 22.9 Å². The number of hydrogen-bond acceptors (Lipinski definition) is 3. The SMILES string of the molecule is C[C@@H](NC(=O)CCC(=O)c1cccs1)c1ccc(Cl)cc1Cl. The van der Waals surface area contributed by atoms with Crippen LogP contribution in [0.4, 0.5) is 0 Å². The summed E-state index contributed by atoms with van der Waals surface area (Å²) in [6, 6.07) is 8.50. The van der Waals surface area contributed by atoms with Crippen molar-refractivity contribution in [3.63, 3.8) is 0 Å². The first kappa shape index (κ1) is 17.0. The molecule has 22 heavy (non-hydrogen) atoms. The molecule has 0 saturated carbocycles. The molecule has 0 saturated heterocycles. The van der Waals surface area contributed by atoms with Gasteiger partial charge in [-0.1, -0.05) is 35.3 Å². The van der Waals surface area contributed by atoms with Gasteiger partial charge in [0.2, 0.25) is 5.91 Å². The number of halogens is 2. The van der Waals surface area contributed by atoms with Crippen LogP contribution < -0.4 is 5.32 Å². The lowest BCUT2D eigenvalue weighted by Crippen LogP contribution is -2.27. The molecule has 1 heterocycles. The number of Topliss-reactive ketones (excluding diaryl/α,β-unsaturated/α-hetero) is 1. The maximum atomic E-state index is 11.9. The molecule has 1 amide bonds. The van der Waals surface area contributed by atoms with E-state index in [9.17, 15) is 9.59 Å². The Bertz CT molecular complexity index is 671. The molecule has 0 aliphatic carbocycles. The third-order valence-electron chi connectivity index (χ3n) is 3.18. The van der Waals surface area contributed by atoms with Gasteiger partial charge in [0.05, 0.1) is 10.9 Å². The average molecular weight is 356 g/mol. The van der Waals surface area contributed by atoms with Crippen LogP contribution in [0.3, 0.4) is 0 Å². The van der Waals surface area contributed by atoms with Crippen molar-refractivity contribution in [2.75, 3.05) is 0 Å². The molecule has 1 aromatic carbocycles. The molecular formula is C16H15Cl2NO2S. The fourth-order valence-corrected chi connectivity index (χ4v) is 3.30. The first-order valence-corrected chi connectivity index (χ1v) is 8.42. The summed E-state index contributed by atoms with van der Waals surface area (Å²) in [4.78, 5) is 24.5. The number of hydrogen-bond donors (Lipinski definition) is 1. The minimum atomic E-state index is -0.242. The summed E-state index contributed by atoms with van der Waals surface area (Å²) in [7, 11) is 0. The van der Waals surface area contributed by atoms with E-state index in [1.165, 1.54) is 11.3 Å². The monoisotopic (exact) mass is 355 g/mol. The molecule has 1 aromatic heterocycles. The van der Waals surface area contributed by atoms with Crippen LogP contribution in [0, 0.1) is 0 Å². The number of amides is 1. The van der Waals surface area contributed by atoms with Crippen molar-refractivity contribution in [2.45, 2.75) is 25.8 Å². The van der Waals surface area contributed by atoms with Gasteiger partial charge in [-0.05, 0) is 36.1 Å². The van der Waals surface area contributed by atoms with E-state index in [1.54, 1.807) is 24.3 Å². The number of nitrogens with one attached hydrogen (secondary N) is 1. The second-order valence-corrected chi connectivity index (χ2v) is 6.65. The fourth-order valence-electron chi connectivity index (χ4n) is 2.03. The number of carbonyl (C=O) groups is 2. The van der Waals surface area contributed by atoms with Crippen LogP contribution in [0.25, 0.3) is 0 Å². The van der Waals surface area contributed by atoms with E-state index in [4.69, 9.17) is 23.2 Å². The lowest BCUT2D eigenvalue weighted by molar-refractivity contribution is -0.121. The molecule has 1 N–H and O–H groups in total. The number of thiophene rings is 1. The third kappa shape index (κ3) is 4.57. The fraction of sp³-hybridized carbons (Fsp3) is 0.250. The molecule has 0 bridgehead atoms. The van der Waals surface area contributed by atoms with Crippen molar-refractivity contribution in [1.29, 1.82) is 0 Å².